The van der Waals surface area contributed by atoms with E-state index in [4.69, 9.17) is 23.2 Å². The van der Waals surface area contributed by atoms with Crippen LogP contribution in [0.25, 0.3) is 0 Å². The quantitative estimate of drug-likeness (QED) is 0.766. The van der Waals surface area contributed by atoms with E-state index in [1.807, 2.05) is 36.4 Å². The van der Waals surface area contributed by atoms with Gasteiger partial charge in [-0.25, -0.2) is 0 Å². The van der Waals surface area contributed by atoms with Crippen molar-refractivity contribution in [3.63, 3.8) is 0 Å². The molecule has 2 atom stereocenters. The van der Waals surface area contributed by atoms with Crippen LogP contribution in [-0.2, 0) is 0 Å². The highest BCUT2D eigenvalue weighted by atomic mass is 35.5. The molecule has 0 aliphatic carbocycles. The van der Waals surface area contributed by atoms with E-state index in [0.717, 1.165) is 21.2 Å². The number of hydrogen-bond acceptors (Lipinski definition) is 2. The van der Waals surface area contributed by atoms with Crippen molar-refractivity contribution in [2.45, 2.75) is 12.1 Å². The third-order valence-electron chi connectivity index (χ3n) is 3.86. The van der Waals surface area contributed by atoms with Crippen LogP contribution in [0, 0.1) is 0 Å². The summed E-state index contributed by atoms with van der Waals surface area (Å²) in [6.45, 7) is 0. The van der Waals surface area contributed by atoms with Crippen LogP contribution in [-0.4, -0.2) is 38.0 Å². The fraction of sp³-hybridized carbons (Fsp3) is 0.333. The smallest absolute Gasteiger partial charge is 0.0555 e. The standard InChI is InChI=1S/C18H22Cl2N2/c1-21(2)17(13-9-5-7-11-15(13)19)18(22(3)4)14-10-6-8-12-16(14)20/h5-12,17-18H,1-4H3. The molecule has 2 rings (SSSR count). The molecule has 0 aliphatic heterocycles. The highest BCUT2D eigenvalue weighted by Crippen LogP contribution is 2.41. The molecule has 0 N–H and O–H groups in total. The zero-order valence-electron chi connectivity index (χ0n) is 13.4. The van der Waals surface area contributed by atoms with Crippen LogP contribution in [0.5, 0.6) is 0 Å². The van der Waals surface area contributed by atoms with Gasteiger partial charge in [-0.1, -0.05) is 59.6 Å². The first kappa shape index (κ1) is 17.3. The first-order valence-corrected chi connectivity index (χ1v) is 8.00. The molecule has 0 radical (unpaired) electrons. The van der Waals surface area contributed by atoms with E-state index >= 15 is 0 Å². The molecular weight excluding hydrogens is 315 g/mol. The molecule has 4 heteroatoms. The summed E-state index contributed by atoms with van der Waals surface area (Å²) in [5, 5.41) is 1.56. The van der Waals surface area contributed by atoms with Gasteiger partial charge in [0.15, 0.2) is 0 Å². The Morgan fingerprint density at radius 2 is 0.955 bits per heavy atom. The van der Waals surface area contributed by atoms with Gasteiger partial charge in [0.2, 0.25) is 0 Å². The Kier molecular flexibility index (Phi) is 5.87. The number of nitrogens with zero attached hydrogens (tertiary/aromatic N) is 2. The Hall–Kier alpha value is -1.06. The minimum atomic E-state index is 0.101. The Morgan fingerprint density at radius 1 is 0.636 bits per heavy atom. The molecule has 0 heterocycles. The maximum absolute atomic E-state index is 6.46. The lowest BCUT2D eigenvalue weighted by atomic mass is 9.91. The van der Waals surface area contributed by atoms with Crippen molar-refractivity contribution in [3.05, 3.63) is 69.7 Å². The fourth-order valence-corrected chi connectivity index (χ4v) is 3.39. The summed E-state index contributed by atoms with van der Waals surface area (Å²) >= 11 is 12.9. The second-order valence-corrected chi connectivity index (χ2v) is 6.67. The fourth-order valence-electron chi connectivity index (χ4n) is 2.89. The van der Waals surface area contributed by atoms with Crippen molar-refractivity contribution in [2.24, 2.45) is 0 Å². The van der Waals surface area contributed by atoms with Crippen LogP contribution in [0.4, 0.5) is 0 Å². The number of likely N-dealkylation sites (N-methyl/N-ethyl adjacent to an activating group) is 2. The highest BCUT2D eigenvalue weighted by Gasteiger charge is 2.31. The third-order valence-corrected chi connectivity index (χ3v) is 4.55. The third kappa shape index (κ3) is 3.64. The van der Waals surface area contributed by atoms with E-state index in [9.17, 15) is 0 Å². The molecule has 118 valence electrons. The number of hydrogen-bond donors (Lipinski definition) is 0. The predicted octanol–water partition coefficient (Wildman–Crippen LogP) is 4.90. The summed E-state index contributed by atoms with van der Waals surface area (Å²) < 4.78 is 0. The van der Waals surface area contributed by atoms with Gasteiger partial charge in [0, 0.05) is 10.0 Å². The van der Waals surface area contributed by atoms with E-state index in [1.54, 1.807) is 0 Å². The van der Waals surface area contributed by atoms with E-state index in [2.05, 4.69) is 50.1 Å². The SMILES string of the molecule is CN(C)C(c1ccccc1Cl)C(c1ccccc1Cl)N(C)C. The Balaban J connectivity index is 2.57. The minimum absolute atomic E-state index is 0.101. The van der Waals surface area contributed by atoms with E-state index < -0.39 is 0 Å². The van der Waals surface area contributed by atoms with Gasteiger partial charge in [-0.2, -0.15) is 0 Å². The van der Waals surface area contributed by atoms with Crippen molar-refractivity contribution in [1.82, 2.24) is 9.80 Å². The summed E-state index contributed by atoms with van der Waals surface area (Å²) in [6.07, 6.45) is 0. The molecule has 0 bridgehead atoms. The average Bonchev–Trinajstić information content (AvgIpc) is 2.46. The monoisotopic (exact) mass is 336 g/mol. The van der Waals surface area contributed by atoms with Crippen molar-refractivity contribution in [2.75, 3.05) is 28.2 Å². The van der Waals surface area contributed by atoms with E-state index in [-0.39, 0.29) is 12.1 Å². The summed E-state index contributed by atoms with van der Waals surface area (Å²) in [6, 6.07) is 16.2. The average molecular weight is 337 g/mol. The minimum Gasteiger partial charge on any atom is -0.301 e. The zero-order valence-corrected chi connectivity index (χ0v) is 14.9. The highest BCUT2D eigenvalue weighted by molar-refractivity contribution is 6.31. The second kappa shape index (κ2) is 7.47. The molecule has 0 aliphatic rings. The summed E-state index contributed by atoms with van der Waals surface area (Å²) in [5.41, 5.74) is 2.21. The normalized spacial score (nSPS) is 14.4. The van der Waals surface area contributed by atoms with Crippen LogP contribution in [0.1, 0.15) is 23.2 Å². The van der Waals surface area contributed by atoms with Crippen molar-refractivity contribution in [1.29, 1.82) is 0 Å². The lowest BCUT2D eigenvalue weighted by molar-refractivity contribution is 0.152. The largest absolute Gasteiger partial charge is 0.301 e. The predicted molar refractivity (Wildman–Crippen MR) is 95.8 cm³/mol. The topological polar surface area (TPSA) is 6.48 Å². The van der Waals surface area contributed by atoms with Crippen LogP contribution >= 0.6 is 23.2 Å². The van der Waals surface area contributed by atoms with Gasteiger partial charge in [0.1, 0.15) is 0 Å². The molecule has 0 saturated carbocycles. The van der Waals surface area contributed by atoms with Gasteiger partial charge in [0.25, 0.3) is 0 Å². The van der Waals surface area contributed by atoms with Gasteiger partial charge >= 0.3 is 0 Å². The van der Waals surface area contributed by atoms with Gasteiger partial charge in [-0.3, -0.25) is 0 Å². The molecule has 0 aromatic heterocycles. The summed E-state index contributed by atoms with van der Waals surface area (Å²) in [7, 11) is 8.28. The molecule has 0 amide bonds. The number of benzene rings is 2. The first-order chi connectivity index (χ1) is 10.4. The van der Waals surface area contributed by atoms with Gasteiger partial charge in [-0.15, -0.1) is 0 Å². The lowest BCUT2D eigenvalue weighted by Gasteiger charge is -2.38. The van der Waals surface area contributed by atoms with Crippen molar-refractivity contribution < 1.29 is 0 Å². The van der Waals surface area contributed by atoms with Crippen molar-refractivity contribution >= 4 is 23.2 Å². The molecule has 2 unspecified atom stereocenters. The Morgan fingerprint density at radius 3 is 1.23 bits per heavy atom. The number of rotatable bonds is 5. The van der Waals surface area contributed by atoms with Crippen LogP contribution in [0.3, 0.4) is 0 Å². The van der Waals surface area contributed by atoms with Crippen LogP contribution in [0.2, 0.25) is 10.0 Å². The van der Waals surface area contributed by atoms with Gasteiger partial charge < -0.3 is 9.80 Å². The molecule has 0 saturated heterocycles. The summed E-state index contributed by atoms with van der Waals surface area (Å²) in [4.78, 5) is 4.38. The maximum atomic E-state index is 6.46. The van der Waals surface area contributed by atoms with Gasteiger partial charge in [0.05, 0.1) is 12.1 Å². The zero-order chi connectivity index (χ0) is 16.3. The maximum Gasteiger partial charge on any atom is 0.0555 e. The molecule has 2 aromatic carbocycles. The molecule has 0 spiro atoms. The van der Waals surface area contributed by atoms with Gasteiger partial charge in [-0.05, 0) is 51.5 Å². The van der Waals surface area contributed by atoms with E-state index in [0.29, 0.717) is 0 Å². The lowest BCUT2D eigenvalue weighted by Crippen LogP contribution is -2.34. The summed E-state index contributed by atoms with van der Waals surface area (Å²) in [5.74, 6) is 0. The second-order valence-electron chi connectivity index (χ2n) is 5.86. The first-order valence-electron chi connectivity index (χ1n) is 7.25. The van der Waals surface area contributed by atoms with Crippen LogP contribution in [0.15, 0.2) is 48.5 Å². The number of halogens is 2. The molecule has 0 fully saturated rings. The van der Waals surface area contributed by atoms with Crippen molar-refractivity contribution in [3.8, 4) is 0 Å². The molecular formula is C18H22Cl2N2. The van der Waals surface area contributed by atoms with E-state index in [1.165, 1.54) is 0 Å². The van der Waals surface area contributed by atoms with Crippen LogP contribution < -0.4 is 0 Å². The molecule has 2 aromatic rings. The molecule has 2 nitrogen and oxygen atoms in total. The molecule has 22 heavy (non-hydrogen) atoms. The Labute approximate surface area is 143 Å². The Bertz CT molecular complexity index is 570.